The van der Waals surface area contributed by atoms with Gasteiger partial charge in [-0.15, -0.1) is 0 Å². The van der Waals surface area contributed by atoms with E-state index in [9.17, 15) is 4.79 Å². The van der Waals surface area contributed by atoms with Gasteiger partial charge in [-0.05, 0) is 42.7 Å². The number of rotatable bonds is 3. The lowest BCUT2D eigenvalue weighted by molar-refractivity contribution is 0.188. The number of hydrogen-bond donors (Lipinski definition) is 1. The van der Waals surface area contributed by atoms with Crippen molar-refractivity contribution in [1.29, 1.82) is 0 Å². The number of hydrogen-bond acceptors (Lipinski definition) is 3. The summed E-state index contributed by atoms with van der Waals surface area (Å²) in [5, 5.41) is 3.99. The summed E-state index contributed by atoms with van der Waals surface area (Å²) in [5.74, 6) is 0. The Labute approximate surface area is 171 Å². The van der Waals surface area contributed by atoms with Gasteiger partial charge < -0.3 is 5.32 Å². The second kappa shape index (κ2) is 7.72. The molecule has 6 heteroatoms. The van der Waals surface area contributed by atoms with E-state index in [0.29, 0.717) is 6.54 Å². The zero-order valence-electron chi connectivity index (χ0n) is 16.5. The number of benzene rings is 1. The quantitative estimate of drug-likeness (QED) is 0.842. The minimum atomic E-state index is -0.140. The number of piperidine rings is 1. The van der Waals surface area contributed by atoms with Crippen molar-refractivity contribution in [3.05, 3.63) is 58.9 Å². The fourth-order valence-corrected chi connectivity index (χ4v) is 4.81. The van der Waals surface area contributed by atoms with Gasteiger partial charge in [-0.3, -0.25) is 14.8 Å². The van der Waals surface area contributed by atoms with Crippen LogP contribution in [0.1, 0.15) is 37.8 Å². The monoisotopic (exact) mass is 398 g/mol. The van der Waals surface area contributed by atoms with Gasteiger partial charge in [0.1, 0.15) is 0 Å². The standard InChI is InChI=1S/C22H27ClN4O/c1-22(2)15-27(19-5-3-4-18(23)20(19)22)21(28)25-17-8-12-26(13-9-17)14-16-6-10-24-11-7-16/h3-7,10-11,17H,8-9,12-15H2,1-2H3,(H,25,28). The van der Waals surface area contributed by atoms with E-state index in [0.717, 1.165) is 48.7 Å². The van der Waals surface area contributed by atoms with Crippen LogP contribution in [0.4, 0.5) is 10.5 Å². The van der Waals surface area contributed by atoms with Crippen LogP contribution < -0.4 is 10.2 Å². The second-order valence-electron chi connectivity index (χ2n) is 8.46. The SMILES string of the molecule is CC1(C)CN(C(=O)NC2CCN(Cc3ccncc3)CC2)c2cccc(Cl)c21. The molecule has 1 aromatic carbocycles. The molecule has 148 valence electrons. The number of urea groups is 1. The summed E-state index contributed by atoms with van der Waals surface area (Å²) in [4.78, 5) is 21.4. The zero-order valence-corrected chi connectivity index (χ0v) is 17.2. The molecular formula is C22H27ClN4O. The van der Waals surface area contributed by atoms with Crippen molar-refractivity contribution in [2.75, 3.05) is 24.5 Å². The molecule has 2 aliphatic heterocycles. The summed E-state index contributed by atoms with van der Waals surface area (Å²) in [6.07, 6.45) is 5.61. The molecule has 0 spiro atoms. The predicted molar refractivity (Wildman–Crippen MR) is 113 cm³/mol. The van der Waals surface area contributed by atoms with Gasteiger partial charge in [0, 0.05) is 60.6 Å². The molecule has 0 radical (unpaired) electrons. The van der Waals surface area contributed by atoms with Crippen molar-refractivity contribution in [3.8, 4) is 0 Å². The van der Waals surface area contributed by atoms with Crippen molar-refractivity contribution < 1.29 is 4.79 Å². The first kappa shape index (κ1) is 19.2. The second-order valence-corrected chi connectivity index (χ2v) is 8.87. The van der Waals surface area contributed by atoms with Gasteiger partial charge >= 0.3 is 6.03 Å². The summed E-state index contributed by atoms with van der Waals surface area (Å²) in [5.41, 5.74) is 3.15. The first-order chi connectivity index (χ1) is 13.4. The number of pyridine rings is 1. The van der Waals surface area contributed by atoms with E-state index in [1.165, 1.54) is 5.56 Å². The number of aromatic nitrogens is 1. The Balaban J connectivity index is 1.35. The number of carbonyl (C=O) groups excluding carboxylic acids is 1. The first-order valence-corrected chi connectivity index (χ1v) is 10.3. The van der Waals surface area contributed by atoms with Crippen molar-refractivity contribution in [1.82, 2.24) is 15.2 Å². The largest absolute Gasteiger partial charge is 0.335 e. The minimum Gasteiger partial charge on any atom is -0.335 e. The Bertz CT molecular complexity index is 847. The highest BCUT2D eigenvalue weighted by atomic mass is 35.5. The van der Waals surface area contributed by atoms with E-state index in [4.69, 9.17) is 11.6 Å². The normalized spacial score (nSPS) is 19.5. The van der Waals surface area contributed by atoms with Crippen molar-refractivity contribution in [2.24, 2.45) is 0 Å². The Morgan fingerprint density at radius 3 is 2.64 bits per heavy atom. The number of anilines is 1. The fourth-order valence-electron chi connectivity index (χ4n) is 4.38. The van der Waals surface area contributed by atoms with Gasteiger partial charge in [0.2, 0.25) is 0 Å². The Hall–Kier alpha value is -2.11. The summed E-state index contributed by atoms with van der Waals surface area (Å²) in [6.45, 7) is 7.85. The minimum absolute atomic E-state index is 0.0123. The molecule has 3 heterocycles. The van der Waals surface area contributed by atoms with Crippen LogP contribution in [0.3, 0.4) is 0 Å². The van der Waals surface area contributed by atoms with E-state index in [2.05, 4.69) is 41.2 Å². The van der Waals surface area contributed by atoms with Gasteiger partial charge in [-0.1, -0.05) is 31.5 Å². The number of halogens is 1. The molecule has 2 amide bonds. The van der Waals surface area contributed by atoms with E-state index in [-0.39, 0.29) is 17.5 Å². The third-order valence-corrected chi connectivity index (χ3v) is 6.14. The smallest absolute Gasteiger partial charge is 0.322 e. The van der Waals surface area contributed by atoms with Crippen molar-refractivity contribution in [2.45, 2.75) is 44.7 Å². The van der Waals surface area contributed by atoms with Crippen LogP contribution in [0.25, 0.3) is 0 Å². The molecule has 2 aromatic rings. The lowest BCUT2D eigenvalue weighted by atomic mass is 9.87. The van der Waals surface area contributed by atoms with Crippen LogP contribution in [0, 0.1) is 0 Å². The van der Waals surface area contributed by atoms with Gasteiger partial charge in [0.05, 0.1) is 5.69 Å². The Morgan fingerprint density at radius 1 is 1.21 bits per heavy atom. The molecule has 0 atom stereocenters. The molecule has 4 rings (SSSR count). The maximum absolute atomic E-state index is 13.0. The summed E-state index contributed by atoms with van der Waals surface area (Å²) in [7, 11) is 0. The highest BCUT2D eigenvalue weighted by Crippen LogP contribution is 2.44. The molecule has 1 fully saturated rings. The van der Waals surface area contributed by atoms with Crippen LogP contribution in [0.15, 0.2) is 42.7 Å². The van der Waals surface area contributed by atoms with Crippen LogP contribution in [-0.2, 0) is 12.0 Å². The predicted octanol–water partition coefficient (Wildman–Crippen LogP) is 4.21. The lowest BCUT2D eigenvalue weighted by Crippen LogP contribution is -2.49. The van der Waals surface area contributed by atoms with Crippen molar-refractivity contribution >= 4 is 23.3 Å². The zero-order chi connectivity index (χ0) is 19.7. The maximum atomic E-state index is 13.0. The fraction of sp³-hybridized carbons (Fsp3) is 0.455. The Kier molecular flexibility index (Phi) is 5.30. The number of carbonyl (C=O) groups is 1. The van der Waals surface area contributed by atoms with Crippen LogP contribution in [0.2, 0.25) is 5.02 Å². The third-order valence-electron chi connectivity index (χ3n) is 5.83. The molecule has 1 N–H and O–H groups in total. The average Bonchev–Trinajstić information content (AvgIpc) is 2.96. The highest BCUT2D eigenvalue weighted by Gasteiger charge is 2.40. The summed E-state index contributed by atoms with van der Waals surface area (Å²) >= 11 is 6.43. The number of nitrogens with one attached hydrogen (secondary N) is 1. The first-order valence-electron chi connectivity index (χ1n) is 9.92. The molecule has 2 aliphatic rings. The molecular weight excluding hydrogens is 372 g/mol. The number of nitrogens with zero attached hydrogens (tertiary/aromatic N) is 3. The van der Waals surface area contributed by atoms with E-state index in [1.807, 2.05) is 35.5 Å². The maximum Gasteiger partial charge on any atom is 0.322 e. The molecule has 0 saturated carbocycles. The van der Waals surface area contributed by atoms with Crippen molar-refractivity contribution in [3.63, 3.8) is 0 Å². The molecule has 1 aromatic heterocycles. The number of likely N-dealkylation sites (tertiary alicyclic amines) is 1. The number of amides is 2. The van der Waals surface area contributed by atoms with Crippen LogP contribution >= 0.6 is 11.6 Å². The van der Waals surface area contributed by atoms with Crippen LogP contribution in [-0.4, -0.2) is 41.6 Å². The molecule has 1 saturated heterocycles. The lowest BCUT2D eigenvalue weighted by Gasteiger charge is -2.33. The van der Waals surface area contributed by atoms with Crippen LogP contribution in [0.5, 0.6) is 0 Å². The van der Waals surface area contributed by atoms with Gasteiger partial charge in [-0.25, -0.2) is 4.79 Å². The molecule has 0 aliphatic carbocycles. The van der Waals surface area contributed by atoms with E-state index >= 15 is 0 Å². The topological polar surface area (TPSA) is 48.5 Å². The third kappa shape index (κ3) is 3.87. The van der Waals surface area contributed by atoms with E-state index in [1.54, 1.807) is 0 Å². The highest BCUT2D eigenvalue weighted by molar-refractivity contribution is 6.32. The van der Waals surface area contributed by atoms with Gasteiger partial charge in [-0.2, -0.15) is 0 Å². The van der Waals surface area contributed by atoms with Gasteiger partial charge in [0.25, 0.3) is 0 Å². The Morgan fingerprint density at radius 2 is 1.93 bits per heavy atom. The molecule has 28 heavy (non-hydrogen) atoms. The summed E-state index contributed by atoms with van der Waals surface area (Å²) < 4.78 is 0. The summed E-state index contributed by atoms with van der Waals surface area (Å²) in [6, 6.07) is 10.1. The number of fused-ring (bicyclic) bond motifs is 1. The average molecular weight is 399 g/mol. The molecule has 5 nitrogen and oxygen atoms in total. The molecule has 0 unspecified atom stereocenters. The van der Waals surface area contributed by atoms with Gasteiger partial charge in [0.15, 0.2) is 0 Å². The molecule has 0 bridgehead atoms. The van der Waals surface area contributed by atoms with E-state index < -0.39 is 0 Å².